The van der Waals surface area contributed by atoms with Crippen molar-refractivity contribution in [1.29, 1.82) is 0 Å². The predicted molar refractivity (Wildman–Crippen MR) is 104 cm³/mol. The highest BCUT2D eigenvalue weighted by molar-refractivity contribution is 5.45. The predicted octanol–water partition coefficient (Wildman–Crippen LogP) is 5.47. The van der Waals surface area contributed by atoms with E-state index in [0.717, 1.165) is 19.3 Å². The Hall–Kier alpha value is -2.35. The van der Waals surface area contributed by atoms with E-state index < -0.39 is 0 Å². The number of benzene rings is 2. The summed E-state index contributed by atoms with van der Waals surface area (Å²) in [6.07, 6.45) is 7.85. The molecule has 3 aromatic rings. The van der Waals surface area contributed by atoms with Crippen molar-refractivity contribution in [2.45, 2.75) is 51.9 Å². The topological polar surface area (TPSA) is 17.8 Å². The van der Waals surface area contributed by atoms with Gasteiger partial charge in [-0.15, -0.1) is 0 Å². The molecule has 0 amide bonds. The fourth-order valence-electron chi connectivity index (χ4n) is 3.56. The summed E-state index contributed by atoms with van der Waals surface area (Å²) in [6.45, 7) is 4.47. The average molecular weight is 330 g/mol. The minimum atomic E-state index is 0.696. The monoisotopic (exact) mass is 330 g/mol. The summed E-state index contributed by atoms with van der Waals surface area (Å²) >= 11 is 0. The molecule has 1 aromatic heterocycles. The first kappa shape index (κ1) is 16.1. The molecule has 2 heteroatoms. The second-order valence-electron chi connectivity index (χ2n) is 7.08. The second kappa shape index (κ2) is 6.87. The molecular weight excluding hydrogens is 304 g/mol. The lowest BCUT2D eigenvalue weighted by Gasteiger charge is -2.13. The molecule has 128 valence electrons. The third-order valence-electron chi connectivity index (χ3n) is 5.28. The molecule has 0 bridgehead atoms. The molecular formula is C23H26N2. The van der Waals surface area contributed by atoms with Crippen molar-refractivity contribution in [1.82, 2.24) is 9.78 Å². The molecule has 2 aromatic carbocycles. The zero-order valence-corrected chi connectivity index (χ0v) is 15.2. The molecule has 0 spiro atoms. The SMILES string of the molecule is CCc1ccc(Cc2ccccc2-n2ccc(C3CC3)n2)c(CC)c1. The first-order chi connectivity index (χ1) is 12.3. The van der Waals surface area contributed by atoms with Gasteiger partial charge < -0.3 is 0 Å². The molecule has 0 radical (unpaired) electrons. The zero-order chi connectivity index (χ0) is 17.2. The fourth-order valence-corrected chi connectivity index (χ4v) is 3.56. The Morgan fingerprint density at radius 1 is 0.920 bits per heavy atom. The molecule has 0 saturated heterocycles. The van der Waals surface area contributed by atoms with Gasteiger partial charge in [0.2, 0.25) is 0 Å². The maximum atomic E-state index is 4.83. The van der Waals surface area contributed by atoms with Crippen molar-refractivity contribution in [2.75, 3.05) is 0 Å². The number of hydrogen-bond donors (Lipinski definition) is 0. The molecule has 0 unspecified atom stereocenters. The van der Waals surface area contributed by atoms with E-state index in [-0.39, 0.29) is 0 Å². The summed E-state index contributed by atoms with van der Waals surface area (Å²) in [6, 6.07) is 17.8. The van der Waals surface area contributed by atoms with E-state index in [0.29, 0.717) is 5.92 Å². The van der Waals surface area contributed by atoms with Crippen LogP contribution in [0.5, 0.6) is 0 Å². The maximum absolute atomic E-state index is 4.83. The molecule has 25 heavy (non-hydrogen) atoms. The Bertz CT molecular complexity index is 871. The van der Waals surface area contributed by atoms with E-state index in [2.05, 4.69) is 73.3 Å². The number of rotatable bonds is 6. The highest BCUT2D eigenvalue weighted by Crippen LogP contribution is 2.39. The number of aromatic nitrogens is 2. The lowest BCUT2D eigenvalue weighted by molar-refractivity contribution is 0.827. The fraction of sp³-hybridized carbons (Fsp3) is 0.348. The van der Waals surface area contributed by atoms with Gasteiger partial charge in [0.1, 0.15) is 0 Å². The van der Waals surface area contributed by atoms with Crippen molar-refractivity contribution in [2.24, 2.45) is 0 Å². The first-order valence-corrected chi connectivity index (χ1v) is 9.53. The highest BCUT2D eigenvalue weighted by atomic mass is 15.3. The second-order valence-corrected chi connectivity index (χ2v) is 7.08. The van der Waals surface area contributed by atoms with Crippen molar-refractivity contribution < 1.29 is 0 Å². The summed E-state index contributed by atoms with van der Waals surface area (Å²) in [4.78, 5) is 0. The summed E-state index contributed by atoms with van der Waals surface area (Å²) in [5.41, 5.74) is 8.12. The summed E-state index contributed by atoms with van der Waals surface area (Å²) in [5.74, 6) is 0.696. The van der Waals surface area contributed by atoms with Crippen LogP contribution in [0.25, 0.3) is 5.69 Å². The van der Waals surface area contributed by atoms with E-state index in [1.165, 1.54) is 46.5 Å². The van der Waals surface area contributed by atoms with Crippen molar-refractivity contribution >= 4 is 0 Å². The standard InChI is InChI=1S/C23H26N2/c1-3-17-9-10-20(18(4-2)15-17)16-21-7-5-6-8-23(21)25-14-13-22(24-25)19-11-12-19/h5-10,13-15,19H,3-4,11-12,16H2,1-2H3. The van der Waals surface area contributed by atoms with Gasteiger partial charge in [-0.1, -0.05) is 50.2 Å². The molecule has 2 nitrogen and oxygen atoms in total. The van der Waals surface area contributed by atoms with Crippen molar-refractivity contribution in [3.63, 3.8) is 0 Å². The molecule has 0 atom stereocenters. The van der Waals surface area contributed by atoms with Crippen LogP contribution < -0.4 is 0 Å². The van der Waals surface area contributed by atoms with Gasteiger partial charge in [0.25, 0.3) is 0 Å². The van der Waals surface area contributed by atoms with Crippen molar-refractivity contribution in [3.8, 4) is 5.69 Å². The Balaban J connectivity index is 1.67. The van der Waals surface area contributed by atoms with Crippen LogP contribution in [-0.4, -0.2) is 9.78 Å². The molecule has 4 rings (SSSR count). The minimum Gasteiger partial charge on any atom is -0.240 e. The smallest absolute Gasteiger partial charge is 0.0680 e. The maximum Gasteiger partial charge on any atom is 0.0680 e. The van der Waals surface area contributed by atoms with Crippen LogP contribution in [0.1, 0.15) is 60.6 Å². The third-order valence-corrected chi connectivity index (χ3v) is 5.28. The van der Waals surface area contributed by atoms with E-state index in [1.54, 1.807) is 0 Å². The van der Waals surface area contributed by atoms with Crippen LogP contribution >= 0.6 is 0 Å². The van der Waals surface area contributed by atoms with Gasteiger partial charge in [-0.3, -0.25) is 0 Å². The van der Waals surface area contributed by atoms with E-state index >= 15 is 0 Å². The molecule has 1 fully saturated rings. The van der Waals surface area contributed by atoms with Crippen LogP contribution in [0.3, 0.4) is 0 Å². The molecule has 1 saturated carbocycles. The van der Waals surface area contributed by atoms with Crippen LogP contribution in [-0.2, 0) is 19.3 Å². The van der Waals surface area contributed by atoms with Gasteiger partial charge in [-0.05, 0) is 66.5 Å². The lowest BCUT2D eigenvalue weighted by atomic mass is 9.95. The normalized spacial score (nSPS) is 14.0. The van der Waals surface area contributed by atoms with Gasteiger partial charge in [0.15, 0.2) is 0 Å². The summed E-state index contributed by atoms with van der Waals surface area (Å²) < 4.78 is 2.06. The minimum absolute atomic E-state index is 0.696. The summed E-state index contributed by atoms with van der Waals surface area (Å²) in [7, 11) is 0. The Morgan fingerprint density at radius 2 is 1.76 bits per heavy atom. The number of nitrogens with zero attached hydrogens (tertiary/aromatic N) is 2. The number of para-hydroxylation sites is 1. The molecule has 1 heterocycles. The third kappa shape index (κ3) is 3.39. The Morgan fingerprint density at radius 3 is 2.52 bits per heavy atom. The van der Waals surface area contributed by atoms with Crippen LogP contribution in [0.2, 0.25) is 0 Å². The van der Waals surface area contributed by atoms with Gasteiger partial charge in [-0.2, -0.15) is 5.10 Å². The van der Waals surface area contributed by atoms with Crippen LogP contribution in [0, 0.1) is 0 Å². The number of hydrogen-bond acceptors (Lipinski definition) is 1. The number of aryl methyl sites for hydroxylation is 2. The largest absolute Gasteiger partial charge is 0.240 e. The van der Waals surface area contributed by atoms with E-state index in [1.807, 2.05) is 0 Å². The van der Waals surface area contributed by atoms with Crippen LogP contribution in [0.4, 0.5) is 0 Å². The van der Waals surface area contributed by atoms with Crippen LogP contribution in [0.15, 0.2) is 54.7 Å². The molecule has 1 aliphatic carbocycles. The lowest BCUT2D eigenvalue weighted by Crippen LogP contribution is -2.03. The van der Waals surface area contributed by atoms with E-state index in [4.69, 9.17) is 5.10 Å². The average Bonchev–Trinajstić information content (AvgIpc) is 3.40. The van der Waals surface area contributed by atoms with E-state index in [9.17, 15) is 0 Å². The quantitative estimate of drug-likeness (QED) is 0.586. The highest BCUT2D eigenvalue weighted by Gasteiger charge is 2.26. The van der Waals surface area contributed by atoms with Gasteiger partial charge in [-0.25, -0.2) is 4.68 Å². The summed E-state index contributed by atoms with van der Waals surface area (Å²) in [5, 5.41) is 4.83. The molecule has 0 aliphatic heterocycles. The molecule has 0 N–H and O–H groups in total. The van der Waals surface area contributed by atoms with Gasteiger partial charge >= 0.3 is 0 Å². The zero-order valence-electron chi connectivity index (χ0n) is 15.2. The van der Waals surface area contributed by atoms with Gasteiger partial charge in [0, 0.05) is 12.1 Å². The Kier molecular flexibility index (Phi) is 4.44. The molecule has 1 aliphatic rings. The van der Waals surface area contributed by atoms with Gasteiger partial charge in [0.05, 0.1) is 11.4 Å². The Labute approximate surface area is 150 Å². The van der Waals surface area contributed by atoms with Crippen molar-refractivity contribution in [3.05, 3.63) is 82.7 Å². The first-order valence-electron chi connectivity index (χ1n) is 9.53.